The molecule has 0 saturated carbocycles. The Labute approximate surface area is 289 Å². The van der Waals surface area contributed by atoms with Gasteiger partial charge in [0.1, 0.15) is 0 Å². The van der Waals surface area contributed by atoms with Crippen LogP contribution in [0, 0.1) is 13.8 Å². The van der Waals surface area contributed by atoms with Gasteiger partial charge in [-0.15, -0.1) is 0 Å². The molecule has 0 radical (unpaired) electrons. The smallest absolute Gasteiger partial charge is 0.0540 e. The summed E-state index contributed by atoms with van der Waals surface area (Å²) in [6.07, 6.45) is 0. The van der Waals surface area contributed by atoms with E-state index in [0.29, 0.717) is 0 Å². The molecule has 0 aromatic heterocycles. The molecule has 49 heavy (non-hydrogen) atoms. The molecule has 0 fully saturated rings. The SMILES string of the molecule is Cc1ccccc1-c1ccc(-c2cc(-c3cccc4ccccc34)ccc2-c2ccccc2N(c2ccccc2)c2ccccc2)cc1C. The summed E-state index contributed by atoms with van der Waals surface area (Å²) in [6.45, 7) is 4.43. The first-order chi connectivity index (χ1) is 24.2. The van der Waals surface area contributed by atoms with Crippen LogP contribution in [0.1, 0.15) is 11.1 Å². The van der Waals surface area contributed by atoms with Gasteiger partial charge in [-0.2, -0.15) is 0 Å². The van der Waals surface area contributed by atoms with Crippen LogP contribution >= 0.6 is 0 Å². The predicted octanol–water partition coefficient (Wildman–Crippen LogP) is 13.6. The van der Waals surface area contributed by atoms with Gasteiger partial charge in [0.15, 0.2) is 0 Å². The van der Waals surface area contributed by atoms with Crippen molar-refractivity contribution in [3.8, 4) is 44.5 Å². The van der Waals surface area contributed by atoms with Crippen molar-refractivity contribution in [3.05, 3.63) is 199 Å². The van der Waals surface area contributed by atoms with Crippen molar-refractivity contribution in [2.24, 2.45) is 0 Å². The highest BCUT2D eigenvalue weighted by Gasteiger charge is 2.20. The maximum Gasteiger partial charge on any atom is 0.0540 e. The first-order valence-corrected chi connectivity index (χ1v) is 16.9. The molecule has 0 spiro atoms. The van der Waals surface area contributed by atoms with Gasteiger partial charge >= 0.3 is 0 Å². The van der Waals surface area contributed by atoms with E-state index in [1.165, 1.54) is 66.4 Å². The summed E-state index contributed by atoms with van der Waals surface area (Å²) in [4.78, 5) is 2.37. The zero-order valence-corrected chi connectivity index (χ0v) is 27.8. The Kier molecular flexibility index (Phi) is 8.09. The molecule has 0 heterocycles. The molecule has 0 aliphatic carbocycles. The maximum absolute atomic E-state index is 2.39. The molecule has 0 N–H and O–H groups in total. The molecular formula is C48H37N. The number of rotatable bonds is 7. The lowest BCUT2D eigenvalue weighted by atomic mass is 9.87. The summed E-state index contributed by atoms with van der Waals surface area (Å²) in [5.74, 6) is 0. The number of para-hydroxylation sites is 3. The van der Waals surface area contributed by atoms with E-state index in [4.69, 9.17) is 0 Å². The lowest BCUT2D eigenvalue weighted by molar-refractivity contribution is 1.28. The predicted molar refractivity (Wildman–Crippen MR) is 210 cm³/mol. The van der Waals surface area contributed by atoms with Gasteiger partial charge in [-0.05, 0) is 111 Å². The lowest BCUT2D eigenvalue weighted by Crippen LogP contribution is -2.11. The lowest BCUT2D eigenvalue weighted by Gasteiger charge is -2.28. The van der Waals surface area contributed by atoms with Crippen LogP contribution in [0.5, 0.6) is 0 Å². The Morgan fingerprint density at radius 2 is 0.857 bits per heavy atom. The molecule has 8 rings (SSSR count). The van der Waals surface area contributed by atoms with Gasteiger partial charge in [0.25, 0.3) is 0 Å². The summed E-state index contributed by atoms with van der Waals surface area (Å²) in [7, 11) is 0. The van der Waals surface area contributed by atoms with E-state index >= 15 is 0 Å². The first kappa shape index (κ1) is 30.2. The van der Waals surface area contributed by atoms with Crippen LogP contribution in [-0.2, 0) is 0 Å². The van der Waals surface area contributed by atoms with Crippen LogP contribution in [0.2, 0.25) is 0 Å². The molecule has 0 aliphatic rings. The summed E-state index contributed by atoms with van der Waals surface area (Å²) in [5.41, 5.74) is 15.7. The average molecular weight is 628 g/mol. The van der Waals surface area contributed by atoms with Gasteiger partial charge in [0, 0.05) is 16.9 Å². The van der Waals surface area contributed by atoms with Gasteiger partial charge in [-0.25, -0.2) is 0 Å². The minimum absolute atomic E-state index is 1.12. The van der Waals surface area contributed by atoms with Crippen molar-refractivity contribution >= 4 is 27.8 Å². The first-order valence-electron chi connectivity index (χ1n) is 16.9. The monoisotopic (exact) mass is 627 g/mol. The van der Waals surface area contributed by atoms with Gasteiger partial charge < -0.3 is 4.90 Å². The van der Waals surface area contributed by atoms with Crippen molar-refractivity contribution in [1.29, 1.82) is 0 Å². The standard InChI is InChI=1S/C48H37N/c1-34-16-9-11-23-41(34)42-30-28-37(32-35(42)2)47-33-38(44-26-15-18-36-17-10-12-24-43(36)44)29-31-45(47)46-25-13-14-27-48(46)49(39-19-5-3-6-20-39)40-21-7-4-8-22-40/h3-33H,1-2H3. The second kappa shape index (κ2) is 13.1. The van der Waals surface area contributed by atoms with E-state index in [9.17, 15) is 0 Å². The van der Waals surface area contributed by atoms with Crippen LogP contribution in [0.3, 0.4) is 0 Å². The molecule has 234 valence electrons. The Bertz CT molecular complexity index is 2360. The molecule has 1 nitrogen and oxygen atoms in total. The number of hydrogen-bond acceptors (Lipinski definition) is 1. The fraction of sp³-hybridized carbons (Fsp3) is 0.0417. The Hall–Kier alpha value is -6.18. The zero-order chi connectivity index (χ0) is 33.2. The van der Waals surface area contributed by atoms with Gasteiger partial charge in [0.2, 0.25) is 0 Å². The van der Waals surface area contributed by atoms with E-state index in [0.717, 1.165) is 17.1 Å². The maximum atomic E-state index is 2.39. The third-order valence-electron chi connectivity index (χ3n) is 9.56. The number of nitrogens with zero attached hydrogens (tertiary/aromatic N) is 1. The summed E-state index contributed by atoms with van der Waals surface area (Å²) >= 11 is 0. The van der Waals surface area contributed by atoms with Gasteiger partial charge in [-0.3, -0.25) is 0 Å². The Morgan fingerprint density at radius 3 is 1.57 bits per heavy atom. The minimum Gasteiger partial charge on any atom is -0.310 e. The second-order valence-corrected chi connectivity index (χ2v) is 12.7. The largest absolute Gasteiger partial charge is 0.310 e. The van der Waals surface area contributed by atoms with Gasteiger partial charge in [0.05, 0.1) is 5.69 Å². The van der Waals surface area contributed by atoms with Crippen molar-refractivity contribution < 1.29 is 0 Å². The molecule has 0 amide bonds. The molecule has 0 aliphatic heterocycles. The number of fused-ring (bicyclic) bond motifs is 1. The molecule has 0 saturated heterocycles. The summed E-state index contributed by atoms with van der Waals surface area (Å²) < 4.78 is 0. The zero-order valence-electron chi connectivity index (χ0n) is 27.8. The highest BCUT2D eigenvalue weighted by Crippen LogP contribution is 2.45. The molecule has 0 unspecified atom stereocenters. The highest BCUT2D eigenvalue weighted by molar-refractivity contribution is 6.00. The summed E-state index contributed by atoms with van der Waals surface area (Å²) in [6, 6.07) is 68.0. The molecule has 1 heteroatoms. The Balaban J connectivity index is 1.36. The minimum atomic E-state index is 1.12. The van der Waals surface area contributed by atoms with E-state index in [2.05, 4.69) is 207 Å². The normalized spacial score (nSPS) is 11.1. The second-order valence-electron chi connectivity index (χ2n) is 12.7. The summed E-state index contributed by atoms with van der Waals surface area (Å²) in [5, 5.41) is 2.50. The molecule has 0 atom stereocenters. The van der Waals surface area contributed by atoms with Crippen LogP contribution < -0.4 is 4.90 Å². The van der Waals surface area contributed by atoms with Crippen molar-refractivity contribution in [2.45, 2.75) is 13.8 Å². The quantitative estimate of drug-likeness (QED) is 0.170. The van der Waals surface area contributed by atoms with Crippen molar-refractivity contribution in [3.63, 3.8) is 0 Å². The van der Waals surface area contributed by atoms with E-state index in [1.807, 2.05) is 0 Å². The van der Waals surface area contributed by atoms with E-state index in [-0.39, 0.29) is 0 Å². The molecular weight excluding hydrogens is 591 g/mol. The number of hydrogen-bond donors (Lipinski definition) is 0. The van der Waals surface area contributed by atoms with Crippen LogP contribution in [0.25, 0.3) is 55.3 Å². The fourth-order valence-corrected chi connectivity index (χ4v) is 7.15. The topological polar surface area (TPSA) is 3.24 Å². The number of aryl methyl sites for hydroxylation is 2. The van der Waals surface area contributed by atoms with E-state index < -0.39 is 0 Å². The number of anilines is 3. The average Bonchev–Trinajstić information content (AvgIpc) is 3.16. The third kappa shape index (κ3) is 5.81. The molecule has 8 aromatic carbocycles. The molecule has 8 aromatic rings. The van der Waals surface area contributed by atoms with Gasteiger partial charge in [-0.1, -0.05) is 152 Å². The number of benzene rings is 8. The third-order valence-corrected chi connectivity index (χ3v) is 9.56. The fourth-order valence-electron chi connectivity index (χ4n) is 7.15. The molecule has 0 bridgehead atoms. The Morgan fingerprint density at radius 1 is 0.327 bits per heavy atom. The van der Waals surface area contributed by atoms with Crippen molar-refractivity contribution in [1.82, 2.24) is 0 Å². The van der Waals surface area contributed by atoms with Crippen LogP contribution in [0.15, 0.2) is 188 Å². The van der Waals surface area contributed by atoms with Crippen LogP contribution in [-0.4, -0.2) is 0 Å². The highest BCUT2D eigenvalue weighted by atomic mass is 15.1. The van der Waals surface area contributed by atoms with Crippen molar-refractivity contribution in [2.75, 3.05) is 4.90 Å². The van der Waals surface area contributed by atoms with E-state index in [1.54, 1.807) is 0 Å². The van der Waals surface area contributed by atoms with Crippen LogP contribution in [0.4, 0.5) is 17.1 Å².